The van der Waals surface area contributed by atoms with Crippen LogP contribution in [0.5, 0.6) is 0 Å². The number of rotatable bonds is 7. The van der Waals surface area contributed by atoms with E-state index in [1.54, 1.807) is 13.8 Å². The second-order valence-corrected chi connectivity index (χ2v) is 9.88. The van der Waals surface area contributed by atoms with Gasteiger partial charge in [-0.3, -0.25) is 20.4 Å². The van der Waals surface area contributed by atoms with Gasteiger partial charge in [-0.25, -0.2) is 18.1 Å². The van der Waals surface area contributed by atoms with E-state index in [0.717, 1.165) is 5.56 Å². The summed E-state index contributed by atoms with van der Waals surface area (Å²) >= 11 is 1.23. The summed E-state index contributed by atoms with van der Waals surface area (Å²) in [6.45, 7) is 5.38. The lowest BCUT2D eigenvalue weighted by Crippen LogP contribution is -2.41. The van der Waals surface area contributed by atoms with Gasteiger partial charge in [0.1, 0.15) is 9.88 Å². The number of hydrazine groups is 1. The Bertz CT molecular complexity index is 1210. The second kappa shape index (κ2) is 10.0. The van der Waals surface area contributed by atoms with Crippen molar-refractivity contribution in [3.8, 4) is 10.6 Å². The maximum Gasteiger partial charge on any atom is 0.281 e. The van der Waals surface area contributed by atoms with Gasteiger partial charge in [-0.15, -0.1) is 11.3 Å². The number of amides is 2. The maximum atomic E-state index is 12.5. The van der Waals surface area contributed by atoms with Crippen LogP contribution in [0.3, 0.4) is 0 Å². The van der Waals surface area contributed by atoms with E-state index < -0.39 is 21.8 Å². The van der Waals surface area contributed by atoms with Crippen molar-refractivity contribution in [2.45, 2.75) is 38.1 Å². The summed E-state index contributed by atoms with van der Waals surface area (Å²) in [5.74, 6) is -1.05. The molecule has 0 aliphatic carbocycles. The lowest BCUT2D eigenvalue weighted by atomic mass is 10.2. The van der Waals surface area contributed by atoms with Crippen LogP contribution in [0, 0.1) is 6.92 Å². The predicted octanol–water partition coefficient (Wildman–Crippen LogP) is 3.27. The summed E-state index contributed by atoms with van der Waals surface area (Å²) in [5, 5.41) is 0.711. The van der Waals surface area contributed by atoms with Crippen LogP contribution in [0.1, 0.15) is 46.0 Å². The Kier molecular flexibility index (Phi) is 7.39. The molecule has 0 spiro atoms. The van der Waals surface area contributed by atoms with Gasteiger partial charge in [0.2, 0.25) is 10.0 Å². The van der Waals surface area contributed by atoms with E-state index >= 15 is 0 Å². The average molecular weight is 473 g/mol. The number of thiazole rings is 1. The summed E-state index contributed by atoms with van der Waals surface area (Å²) in [7, 11) is -3.66. The zero-order valence-corrected chi connectivity index (χ0v) is 19.5. The number of carbonyl (C=O) groups excluding carboxylic acids is 2. The molecule has 168 valence electrons. The van der Waals surface area contributed by atoms with Gasteiger partial charge in [0, 0.05) is 17.2 Å². The van der Waals surface area contributed by atoms with E-state index in [9.17, 15) is 18.0 Å². The molecule has 0 fully saturated rings. The molecule has 2 amide bonds. The van der Waals surface area contributed by atoms with Gasteiger partial charge in [-0.1, -0.05) is 37.3 Å². The number of carbonyl (C=O) groups is 2. The Morgan fingerprint density at radius 1 is 1.00 bits per heavy atom. The first-order chi connectivity index (χ1) is 15.2. The molecule has 3 aromatic rings. The van der Waals surface area contributed by atoms with Crippen molar-refractivity contribution >= 4 is 33.2 Å². The first kappa shape index (κ1) is 23.6. The van der Waals surface area contributed by atoms with Crippen LogP contribution in [-0.4, -0.2) is 31.3 Å². The van der Waals surface area contributed by atoms with Crippen molar-refractivity contribution < 1.29 is 18.0 Å². The fourth-order valence-electron chi connectivity index (χ4n) is 2.76. The highest BCUT2D eigenvalue weighted by Crippen LogP contribution is 2.27. The molecule has 1 unspecified atom stereocenters. The first-order valence-corrected chi connectivity index (χ1v) is 12.3. The van der Waals surface area contributed by atoms with Crippen LogP contribution >= 0.6 is 11.3 Å². The van der Waals surface area contributed by atoms with Crippen molar-refractivity contribution in [1.29, 1.82) is 0 Å². The van der Waals surface area contributed by atoms with Crippen LogP contribution in [0.15, 0.2) is 59.5 Å². The average Bonchev–Trinajstić information content (AvgIpc) is 3.19. The first-order valence-electron chi connectivity index (χ1n) is 9.97. The molecule has 1 heterocycles. The number of aromatic nitrogens is 1. The van der Waals surface area contributed by atoms with Crippen molar-refractivity contribution in [2.75, 3.05) is 0 Å². The molecule has 0 saturated carbocycles. The summed E-state index contributed by atoms with van der Waals surface area (Å²) in [4.78, 5) is 29.8. The molecule has 1 atom stereocenters. The molecule has 3 N–H and O–H groups in total. The third-order valence-electron chi connectivity index (χ3n) is 4.71. The third-order valence-corrected chi connectivity index (χ3v) is 7.52. The number of hydrogen-bond donors (Lipinski definition) is 3. The molecule has 3 rings (SSSR count). The van der Waals surface area contributed by atoms with Gasteiger partial charge in [0.05, 0.1) is 10.6 Å². The predicted molar refractivity (Wildman–Crippen MR) is 124 cm³/mol. The lowest BCUT2D eigenvalue weighted by molar-refractivity contribution is 0.0848. The highest BCUT2D eigenvalue weighted by molar-refractivity contribution is 7.89. The molecule has 0 bridgehead atoms. The number of nitrogens with zero attached hydrogens (tertiary/aromatic N) is 1. The van der Waals surface area contributed by atoms with Crippen LogP contribution in [-0.2, 0) is 10.0 Å². The standard InChI is InChI=1S/C22H24N4O4S2/c1-4-14(2)26-32(29,30)18-12-10-16(11-13-18)20(27)24-25-21(28)19-15(3)23-22(31-19)17-8-6-5-7-9-17/h5-14,26H,4H2,1-3H3,(H,24,27)(H,25,28). The van der Waals surface area contributed by atoms with E-state index in [2.05, 4.69) is 20.6 Å². The Hall–Kier alpha value is -3.08. The molecule has 2 aromatic carbocycles. The van der Waals surface area contributed by atoms with Crippen molar-refractivity contribution in [3.05, 3.63) is 70.7 Å². The van der Waals surface area contributed by atoms with Crippen molar-refractivity contribution in [2.24, 2.45) is 0 Å². The zero-order chi connectivity index (χ0) is 23.3. The molecule has 32 heavy (non-hydrogen) atoms. The Morgan fingerprint density at radius 3 is 2.25 bits per heavy atom. The van der Waals surface area contributed by atoms with Crippen molar-refractivity contribution in [1.82, 2.24) is 20.6 Å². The molecular formula is C22H24N4O4S2. The van der Waals surface area contributed by atoms with Crippen molar-refractivity contribution in [3.63, 3.8) is 0 Å². The molecule has 0 radical (unpaired) electrons. The van der Waals surface area contributed by atoms with E-state index in [4.69, 9.17) is 0 Å². The fourth-order valence-corrected chi connectivity index (χ4v) is 5.05. The van der Waals surface area contributed by atoms with Crippen LogP contribution in [0.2, 0.25) is 0 Å². The molecule has 8 nitrogen and oxygen atoms in total. The number of sulfonamides is 1. The summed E-state index contributed by atoms with van der Waals surface area (Å²) in [5.41, 5.74) is 6.40. The highest BCUT2D eigenvalue weighted by atomic mass is 32.2. The van der Waals surface area contributed by atoms with Gasteiger partial charge >= 0.3 is 0 Å². The van der Waals surface area contributed by atoms with Crippen LogP contribution in [0.4, 0.5) is 0 Å². The second-order valence-electron chi connectivity index (χ2n) is 7.16. The van der Waals surface area contributed by atoms with E-state index in [1.807, 2.05) is 37.3 Å². The van der Waals surface area contributed by atoms with Gasteiger partial charge in [0.15, 0.2) is 0 Å². The molecule has 1 aromatic heterocycles. The van der Waals surface area contributed by atoms with Gasteiger partial charge in [-0.05, 0) is 44.5 Å². The van der Waals surface area contributed by atoms with E-state index in [1.165, 1.54) is 35.6 Å². The molecule has 0 aliphatic heterocycles. The summed E-state index contributed by atoms with van der Waals surface area (Å²) in [6.07, 6.45) is 0.658. The monoisotopic (exact) mass is 472 g/mol. The third kappa shape index (κ3) is 5.58. The Balaban J connectivity index is 1.63. The Morgan fingerprint density at radius 2 is 1.62 bits per heavy atom. The number of benzene rings is 2. The summed E-state index contributed by atoms with van der Waals surface area (Å²) < 4.78 is 27.2. The largest absolute Gasteiger partial charge is 0.281 e. The lowest BCUT2D eigenvalue weighted by Gasteiger charge is -2.12. The molecule has 10 heteroatoms. The fraction of sp³-hybridized carbons (Fsp3) is 0.227. The highest BCUT2D eigenvalue weighted by Gasteiger charge is 2.19. The zero-order valence-electron chi connectivity index (χ0n) is 17.9. The maximum absolute atomic E-state index is 12.5. The smallest absolute Gasteiger partial charge is 0.267 e. The quantitative estimate of drug-likeness (QED) is 0.456. The number of aryl methyl sites for hydroxylation is 1. The Labute approximate surface area is 191 Å². The topological polar surface area (TPSA) is 117 Å². The minimum Gasteiger partial charge on any atom is -0.267 e. The van der Waals surface area contributed by atoms with Crippen LogP contribution < -0.4 is 15.6 Å². The minimum atomic E-state index is -3.66. The van der Waals surface area contributed by atoms with Gasteiger partial charge in [-0.2, -0.15) is 0 Å². The van der Waals surface area contributed by atoms with Gasteiger partial charge < -0.3 is 0 Å². The molecule has 0 saturated heterocycles. The minimum absolute atomic E-state index is 0.0621. The van der Waals surface area contributed by atoms with E-state index in [0.29, 0.717) is 22.0 Å². The number of nitrogens with one attached hydrogen (secondary N) is 3. The SMILES string of the molecule is CCC(C)NS(=O)(=O)c1ccc(C(=O)NNC(=O)c2sc(-c3ccccc3)nc2C)cc1. The van der Waals surface area contributed by atoms with Gasteiger partial charge in [0.25, 0.3) is 11.8 Å². The number of hydrogen-bond acceptors (Lipinski definition) is 6. The summed E-state index contributed by atoms with van der Waals surface area (Å²) in [6, 6.07) is 14.8. The van der Waals surface area contributed by atoms with E-state index in [-0.39, 0.29) is 16.5 Å². The molecule has 0 aliphatic rings. The molecular weight excluding hydrogens is 448 g/mol. The normalized spacial score (nSPS) is 12.2. The van der Waals surface area contributed by atoms with Crippen LogP contribution in [0.25, 0.3) is 10.6 Å².